The lowest BCUT2D eigenvalue weighted by atomic mass is 10.1. The summed E-state index contributed by atoms with van der Waals surface area (Å²) in [6, 6.07) is 12.6. The van der Waals surface area contributed by atoms with E-state index in [1.54, 1.807) is 34.7 Å². The lowest BCUT2D eigenvalue weighted by molar-refractivity contribution is 0.0773. The van der Waals surface area contributed by atoms with Gasteiger partial charge in [-0.25, -0.2) is 4.68 Å². The van der Waals surface area contributed by atoms with Crippen molar-refractivity contribution in [3.05, 3.63) is 70.0 Å². The number of aromatic nitrogens is 3. The van der Waals surface area contributed by atoms with E-state index in [-0.39, 0.29) is 16.6 Å². The zero-order valence-electron chi connectivity index (χ0n) is 17.4. The van der Waals surface area contributed by atoms with Crippen molar-refractivity contribution in [3.63, 3.8) is 0 Å². The van der Waals surface area contributed by atoms with Crippen molar-refractivity contribution < 1.29 is 9.59 Å². The van der Waals surface area contributed by atoms with Crippen molar-refractivity contribution in [3.8, 4) is 5.69 Å². The Balaban J connectivity index is 1.80. The third-order valence-electron chi connectivity index (χ3n) is 4.86. The first-order valence-corrected chi connectivity index (χ1v) is 10.1. The fourth-order valence-corrected chi connectivity index (χ4v) is 3.44. The molecular weight excluding hydrogens is 402 g/mol. The highest BCUT2D eigenvalue weighted by atomic mass is 35.5. The standard InChI is InChI=1S/C22H24ClN5O2/c1-5-27(6-2)22(30)18-11-10-16(13-19(18)23)24-21(29)20-15(4)28(26-25-20)17-9-7-8-14(3)12-17/h7-13H,5-6H2,1-4H3,(H,24,29). The molecule has 1 heterocycles. The molecule has 30 heavy (non-hydrogen) atoms. The summed E-state index contributed by atoms with van der Waals surface area (Å²) in [6.07, 6.45) is 0. The van der Waals surface area contributed by atoms with Crippen LogP contribution in [0, 0.1) is 13.8 Å². The molecule has 2 amide bonds. The maximum absolute atomic E-state index is 12.7. The van der Waals surface area contributed by atoms with Crippen LogP contribution in [0.15, 0.2) is 42.5 Å². The molecule has 7 nitrogen and oxygen atoms in total. The Bertz CT molecular complexity index is 1090. The molecule has 3 rings (SSSR count). The second-order valence-electron chi connectivity index (χ2n) is 6.90. The molecule has 1 aromatic heterocycles. The van der Waals surface area contributed by atoms with Gasteiger partial charge in [-0.05, 0) is 63.6 Å². The number of carbonyl (C=O) groups is 2. The van der Waals surface area contributed by atoms with Gasteiger partial charge in [0.2, 0.25) is 0 Å². The molecule has 156 valence electrons. The topological polar surface area (TPSA) is 80.1 Å². The molecule has 0 aliphatic heterocycles. The lowest BCUT2D eigenvalue weighted by Crippen LogP contribution is -2.30. The van der Waals surface area contributed by atoms with Crippen LogP contribution < -0.4 is 5.32 Å². The van der Waals surface area contributed by atoms with Gasteiger partial charge in [-0.2, -0.15) is 0 Å². The van der Waals surface area contributed by atoms with Crippen LogP contribution in [0.3, 0.4) is 0 Å². The van der Waals surface area contributed by atoms with Crippen LogP contribution in [0.2, 0.25) is 5.02 Å². The van der Waals surface area contributed by atoms with E-state index in [1.807, 2.05) is 45.0 Å². The van der Waals surface area contributed by atoms with E-state index in [4.69, 9.17) is 11.6 Å². The summed E-state index contributed by atoms with van der Waals surface area (Å²) in [4.78, 5) is 26.9. The van der Waals surface area contributed by atoms with Gasteiger partial charge in [0, 0.05) is 18.8 Å². The molecule has 0 saturated heterocycles. The first-order chi connectivity index (χ1) is 14.3. The van der Waals surface area contributed by atoms with Gasteiger partial charge < -0.3 is 10.2 Å². The fraction of sp³-hybridized carbons (Fsp3) is 0.273. The van der Waals surface area contributed by atoms with E-state index < -0.39 is 5.91 Å². The number of amides is 2. The second kappa shape index (κ2) is 9.09. The molecule has 0 radical (unpaired) electrons. The third kappa shape index (κ3) is 4.36. The van der Waals surface area contributed by atoms with Crippen molar-refractivity contribution >= 4 is 29.1 Å². The predicted molar refractivity (Wildman–Crippen MR) is 117 cm³/mol. The molecule has 0 bridgehead atoms. The van der Waals surface area contributed by atoms with Crippen molar-refractivity contribution in [2.45, 2.75) is 27.7 Å². The van der Waals surface area contributed by atoms with Crippen molar-refractivity contribution in [1.29, 1.82) is 0 Å². The summed E-state index contributed by atoms with van der Waals surface area (Å²) in [5, 5.41) is 11.2. The molecule has 0 unspecified atom stereocenters. The normalized spacial score (nSPS) is 10.7. The number of anilines is 1. The quantitative estimate of drug-likeness (QED) is 0.639. The summed E-state index contributed by atoms with van der Waals surface area (Å²) < 4.78 is 1.63. The van der Waals surface area contributed by atoms with Gasteiger partial charge in [0.25, 0.3) is 11.8 Å². The summed E-state index contributed by atoms with van der Waals surface area (Å²) in [7, 11) is 0. The van der Waals surface area contributed by atoms with Gasteiger partial charge in [0.1, 0.15) is 0 Å². The molecule has 0 spiro atoms. The zero-order chi connectivity index (χ0) is 21.8. The Morgan fingerprint density at radius 3 is 2.47 bits per heavy atom. The van der Waals surface area contributed by atoms with Gasteiger partial charge >= 0.3 is 0 Å². The summed E-state index contributed by atoms with van der Waals surface area (Å²) >= 11 is 6.31. The van der Waals surface area contributed by atoms with Gasteiger partial charge in [-0.15, -0.1) is 5.10 Å². The second-order valence-corrected chi connectivity index (χ2v) is 7.31. The first kappa shape index (κ1) is 21.5. The molecule has 1 N–H and O–H groups in total. The minimum Gasteiger partial charge on any atom is -0.339 e. The number of nitrogens with one attached hydrogen (secondary N) is 1. The first-order valence-electron chi connectivity index (χ1n) is 9.75. The Morgan fingerprint density at radius 2 is 1.83 bits per heavy atom. The predicted octanol–water partition coefficient (Wildman–Crippen LogP) is 4.27. The molecule has 0 atom stereocenters. The number of benzene rings is 2. The highest BCUT2D eigenvalue weighted by molar-refractivity contribution is 6.34. The molecule has 0 saturated carbocycles. The fourth-order valence-electron chi connectivity index (χ4n) is 3.18. The van der Waals surface area contributed by atoms with Gasteiger partial charge in [0.05, 0.1) is 22.0 Å². The number of nitrogens with zero attached hydrogens (tertiary/aromatic N) is 4. The number of hydrogen-bond acceptors (Lipinski definition) is 4. The number of aryl methyl sites for hydroxylation is 1. The SMILES string of the molecule is CCN(CC)C(=O)c1ccc(NC(=O)c2nnn(-c3cccc(C)c3)c2C)cc1Cl. The summed E-state index contributed by atoms with van der Waals surface area (Å²) in [5.41, 5.74) is 3.64. The minimum atomic E-state index is -0.398. The highest BCUT2D eigenvalue weighted by Gasteiger charge is 2.20. The molecule has 0 aliphatic rings. The van der Waals surface area contributed by atoms with E-state index in [2.05, 4.69) is 15.6 Å². The monoisotopic (exact) mass is 425 g/mol. The van der Waals surface area contributed by atoms with E-state index in [1.165, 1.54) is 0 Å². The van der Waals surface area contributed by atoms with E-state index in [9.17, 15) is 9.59 Å². The number of halogens is 1. The van der Waals surface area contributed by atoms with Crippen LogP contribution in [-0.2, 0) is 0 Å². The van der Waals surface area contributed by atoms with Gasteiger partial charge in [-0.3, -0.25) is 9.59 Å². The molecule has 3 aromatic rings. The molecular formula is C22H24ClN5O2. The lowest BCUT2D eigenvalue weighted by Gasteiger charge is -2.19. The molecule has 0 fully saturated rings. The molecule has 0 aliphatic carbocycles. The van der Waals surface area contributed by atoms with Crippen LogP contribution in [-0.4, -0.2) is 44.8 Å². The largest absolute Gasteiger partial charge is 0.339 e. The third-order valence-corrected chi connectivity index (χ3v) is 5.18. The van der Waals surface area contributed by atoms with Gasteiger partial charge in [0.15, 0.2) is 5.69 Å². The number of rotatable bonds is 6. The van der Waals surface area contributed by atoms with Crippen molar-refractivity contribution in [2.24, 2.45) is 0 Å². The van der Waals surface area contributed by atoms with Crippen molar-refractivity contribution in [1.82, 2.24) is 19.9 Å². The van der Waals surface area contributed by atoms with Gasteiger partial charge in [-0.1, -0.05) is 28.9 Å². The zero-order valence-corrected chi connectivity index (χ0v) is 18.2. The van der Waals surface area contributed by atoms with E-state index in [0.717, 1.165) is 11.3 Å². The number of carbonyl (C=O) groups excluding carboxylic acids is 2. The minimum absolute atomic E-state index is 0.139. The van der Waals surface area contributed by atoms with Crippen molar-refractivity contribution in [2.75, 3.05) is 18.4 Å². The van der Waals surface area contributed by atoms with Crippen LogP contribution >= 0.6 is 11.6 Å². The van der Waals surface area contributed by atoms with E-state index >= 15 is 0 Å². The van der Waals surface area contributed by atoms with E-state index in [0.29, 0.717) is 30.0 Å². The Morgan fingerprint density at radius 1 is 1.10 bits per heavy atom. The molecule has 8 heteroatoms. The van der Waals surface area contributed by atoms with Crippen LogP contribution in [0.5, 0.6) is 0 Å². The Hall–Kier alpha value is -3.19. The Kier molecular flexibility index (Phi) is 6.52. The van der Waals surface area contributed by atoms with Crippen LogP contribution in [0.1, 0.15) is 46.0 Å². The Labute approximate surface area is 180 Å². The molecule has 2 aromatic carbocycles. The maximum atomic E-state index is 12.7. The van der Waals surface area contributed by atoms with Crippen LogP contribution in [0.25, 0.3) is 5.69 Å². The summed E-state index contributed by atoms with van der Waals surface area (Å²) in [5.74, 6) is -0.537. The average molecular weight is 426 g/mol. The highest BCUT2D eigenvalue weighted by Crippen LogP contribution is 2.23. The number of hydrogen-bond donors (Lipinski definition) is 1. The summed E-state index contributed by atoms with van der Waals surface area (Å²) in [6.45, 7) is 8.80. The smallest absolute Gasteiger partial charge is 0.278 e. The maximum Gasteiger partial charge on any atom is 0.278 e. The average Bonchev–Trinajstić information content (AvgIpc) is 3.10. The van der Waals surface area contributed by atoms with Crippen LogP contribution in [0.4, 0.5) is 5.69 Å².